The van der Waals surface area contributed by atoms with Gasteiger partial charge in [0.2, 0.25) is 0 Å². The van der Waals surface area contributed by atoms with Crippen LogP contribution in [0.3, 0.4) is 0 Å². The highest BCUT2D eigenvalue weighted by Gasteiger charge is 2.39. The van der Waals surface area contributed by atoms with Gasteiger partial charge in [0, 0.05) is 11.9 Å². The molecule has 0 radical (unpaired) electrons. The number of oxime groups is 1. The monoisotopic (exact) mass is 435 g/mol. The summed E-state index contributed by atoms with van der Waals surface area (Å²) < 4.78 is 45.7. The van der Waals surface area contributed by atoms with Gasteiger partial charge in [-0.25, -0.2) is 9.59 Å². The molecule has 0 N–H and O–H groups in total. The molecule has 0 fully saturated rings. The molecule has 7 nitrogen and oxygen atoms in total. The number of aromatic nitrogens is 2. The number of alkyl halides is 4. The van der Waals surface area contributed by atoms with Crippen LogP contribution in [-0.2, 0) is 27.6 Å². The van der Waals surface area contributed by atoms with E-state index in [4.69, 9.17) is 11.6 Å². The second-order valence-corrected chi connectivity index (χ2v) is 6.41. The molecule has 150 valence electrons. The van der Waals surface area contributed by atoms with E-state index in [1.165, 1.54) is 20.2 Å². The van der Waals surface area contributed by atoms with E-state index in [-0.39, 0.29) is 10.6 Å². The molecule has 0 saturated carbocycles. The highest BCUT2D eigenvalue weighted by Crippen LogP contribution is 2.38. The SMILES string of the molecule is COC(=O)c1ccccc1Sc1c(/C=N\OC(=O)CCl)c(C(F)(F)F)nn1C. The predicted molar refractivity (Wildman–Crippen MR) is 94.5 cm³/mol. The Bertz CT molecular complexity index is 915. The first-order valence-corrected chi connectivity index (χ1v) is 8.82. The number of aryl methyl sites for hydroxylation is 1. The van der Waals surface area contributed by atoms with Crippen molar-refractivity contribution in [3.05, 3.63) is 41.1 Å². The number of carbonyl (C=O) groups excluding carboxylic acids is 2. The van der Waals surface area contributed by atoms with E-state index in [0.29, 0.717) is 4.90 Å². The van der Waals surface area contributed by atoms with Crippen molar-refractivity contribution in [3.63, 3.8) is 0 Å². The minimum absolute atomic E-state index is 0.0225. The molecule has 0 aliphatic rings. The molecule has 0 bridgehead atoms. The zero-order valence-corrected chi connectivity index (χ0v) is 16.1. The second-order valence-electron chi connectivity index (χ2n) is 5.11. The highest BCUT2D eigenvalue weighted by molar-refractivity contribution is 7.99. The molecule has 0 aliphatic heterocycles. The predicted octanol–water partition coefficient (Wildman–Crippen LogP) is 3.49. The van der Waals surface area contributed by atoms with Gasteiger partial charge in [-0.15, -0.1) is 11.6 Å². The Morgan fingerprint density at radius 2 is 2.04 bits per heavy atom. The number of methoxy groups -OCH3 is 1. The van der Waals surface area contributed by atoms with Gasteiger partial charge in [-0.05, 0) is 12.1 Å². The number of hydrogen-bond acceptors (Lipinski definition) is 7. The fourth-order valence-electron chi connectivity index (χ4n) is 2.07. The Morgan fingerprint density at radius 3 is 2.64 bits per heavy atom. The number of rotatable bonds is 6. The molecule has 0 aliphatic carbocycles. The zero-order chi connectivity index (χ0) is 20.9. The van der Waals surface area contributed by atoms with Crippen molar-refractivity contribution in [2.24, 2.45) is 12.2 Å². The van der Waals surface area contributed by atoms with E-state index in [2.05, 4.69) is 19.8 Å². The normalized spacial score (nSPS) is 11.6. The molecule has 1 aromatic heterocycles. The van der Waals surface area contributed by atoms with Gasteiger partial charge in [-0.3, -0.25) is 4.68 Å². The maximum atomic E-state index is 13.3. The highest BCUT2D eigenvalue weighted by atomic mass is 35.5. The third kappa shape index (κ3) is 5.04. The lowest BCUT2D eigenvalue weighted by Gasteiger charge is -2.08. The summed E-state index contributed by atoms with van der Waals surface area (Å²) >= 11 is 6.10. The van der Waals surface area contributed by atoms with Gasteiger partial charge < -0.3 is 9.57 Å². The van der Waals surface area contributed by atoms with Crippen molar-refractivity contribution in [3.8, 4) is 0 Å². The second kappa shape index (κ2) is 9.11. The lowest BCUT2D eigenvalue weighted by Crippen LogP contribution is -2.09. The van der Waals surface area contributed by atoms with Crippen molar-refractivity contribution in [2.45, 2.75) is 16.1 Å². The van der Waals surface area contributed by atoms with E-state index < -0.39 is 35.3 Å². The van der Waals surface area contributed by atoms with Crippen LogP contribution in [0.2, 0.25) is 0 Å². The fourth-order valence-corrected chi connectivity index (χ4v) is 3.17. The number of hydrogen-bond donors (Lipinski definition) is 0. The smallest absolute Gasteiger partial charge is 0.435 e. The fraction of sp³-hybridized carbons (Fsp3) is 0.250. The van der Waals surface area contributed by atoms with Crippen LogP contribution in [-0.4, -0.2) is 40.9 Å². The number of carbonyl (C=O) groups is 2. The molecule has 0 amide bonds. The van der Waals surface area contributed by atoms with Gasteiger partial charge in [0.05, 0.1) is 24.5 Å². The Hall–Kier alpha value is -2.53. The van der Waals surface area contributed by atoms with Crippen LogP contribution in [0.5, 0.6) is 0 Å². The largest absolute Gasteiger partial charge is 0.465 e. The summed E-state index contributed by atoms with van der Waals surface area (Å²) in [5.41, 5.74) is -1.48. The van der Waals surface area contributed by atoms with Crippen molar-refractivity contribution in [1.29, 1.82) is 0 Å². The van der Waals surface area contributed by atoms with Gasteiger partial charge in [0.25, 0.3) is 0 Å². The summed E-state index contributed by atoms with van der Waals surface area (Å²) in [5.74, 6) is -2.09. The first-order chi connectivity index (χ1) is 13.2. The lowest BCUT2D eigenvalue weighted by atomic mass is 10.2. The number of esters is 1. The van der Waals surface area contributed by atoms with Crippen LogP contribution < -0.4 is 0 Å². The van der Waals surface area contributed by atoms with E-state index in [0.717, 1.165) is 22.7 Å². The Balaban J connectivity index is 2.51. The third-order valence-electron chi connectivity index (χ3n) is 3.24. The average molecular weight is 436 g/mol. The zero-order valence-electron chi connectivity index (χ0n) is 14.5. The van der Waals surface area contributed by atoms with E-state index in [1.807, 2.05) is 0 Å². The Kier molecular flexibility index (Phi) is 7.08. The molecular weight excluding hydrogens is 423 g/mol. The molecule has 2 aromatic rings. The van der Waals surface area contributed by atoms with Gasteiger partial charge in [0.15, 0.2) is 5.69 Å². The first-order valence-electron chi connectivity index (χ1n) is 7.47. The summed E-state index contributed by atoms with van der Waals surface area (Å²) in [6, 6.07) is 6.23. The summed E-state index contributed by atoms with van der Waals surface area (Å²) in [6.45, 7) is 0. The van der Waals surface area contributed by atoms with Crippen LogP contribution in [0.4, 0.5) is 13.2 Å². The lowest BCUT2D eigenvalue weighted by molar-refractivity contribution is -0.141. The summed E-state index contributed by atoms with van der Waals surface area (Å²) in [5, 5.41) is 6.77. The average Bonchev–Trinajstić information content (AvgIpc) is 2.97. The molecule has 28 heavy (non-hydrogen) atoms. The molecule has 0 saturated heterocycles. The molecule has 1 heterocycles. The summed E-state index contributed by atoms with van der Waals surface area (Å²) in [7, 11) is 2.50. The molecule has 0 unspecified atom stereocenters. The van der Waals surface area contributed by atoms with Crippen molar-refractivity contribution in [2.75, 3.05) is 13.0 Å². The Labute approximate surface area is 166 Å². The Morgan fingerprint density at radius 1 is 1.36 bits per heavy atom. The maximum Gasteiger partial charge on any atom is 0.435 e. The molecular formula is C16H13ClF3N3O4S. The van der Waals surface area contributed by atoms with Crippen molar-refractivity contribution in [1.82, 2.24) is 9.78 Å². The van der Waals surface area contributed by atoms with Crippen LogP contribution in [0.1, 0.15) is 21.6 Å². The van der Waals surface area contributed by atoms with Crippen LogP contribution in [0.25, 0.3) is 0 Å². The minimum Gasteiger partial charge on any atom is -0.465 e. The first kappa shape index (κ1) is 21.8. The van der Waals surface area contributed by atoms with Gasteiger partial charge in [0.1, 0.15) is 10.9 Å². The van der Waals surface area contributed by atoms with Crippen LogP contribution in [0.15, 0.2) is 39.3 Å². The van der Waals surface area contributed by atoms with Crippen LogP contribution in [0, 0.1) is 0 Å². The minimum atomic E-state index is -4.78. The van der Waals surface area contributed by atoms with Gasteiger partial charge in [-0.2, -0.15) is 18.3 Å². The van der Waals surface area contributed by atoms with E-state index in [9.17, 15) is 22.8 Å². The number of ether oxygens (including phenoxy) is 1. The quantitative estimate of drug-likeness (QED) is 0.227. The standard InChI is InChI=1S/C16H13ClF3N3O4S/c1-23-14(28-11-6-4-3-5-9(11)15(25)26-2)10(8-21-27-12(24)7-17)13(22-23)16(18,19)20/h3-6,8H,7H2,1-2H3/b21-8-. The maximum absolute atomic E-state index is 13.3. The van der Waals surface area contributed by atoms with Gasteiger partial charge in [-0.1, -0.05) is 29.1 Å². The van der Waals surface area contributed by atoms with Crippen molar-refractivity contribution < 1.29 is 32.3 Å². The van der Waals surface area contributed by atoms with E-state index in [1.54, 1.807) is 18.2 Å². The summed E-state index contributed by atoms with van der Waals surface area (Å²) in [6.07, 6.45) is -4.06. The van der Waals surface area contributed by atoms with Crippen molar-refractivity contribution >= 4 is 41.5 Å². The molecule has 0 atom stereocenters. The van der Waals surface area contributed by atoms with E-state index >= 15 is 0 Å². The third-order valence-corrected chi connectivity index (χ3v) is 4.71. The number of halogens is 4. The van der Waals surface area contributed by atoms with Gasteiger partial charge >= 0.3 is 18.1 Å². The summed E-state index contributed by atoms with van der Waals surface area (Å²) in [4.78, 5) is 27.7. The molecule has 12 heteroatoms. The van der Waals surface area contributed by atoms with Crippen LogP contribution >= 0.6 is 23.4 Å². The molecule has 1 aromatic carbocycles. The topological polar surface area (TPSA) is 82.8 Å². The molecule has 0 spiro atoms. The molecule has 2 rings (SSSR count). The number of nitrogens with zero attached hydrogens (tertiary/aromatic N) is 3. The number of benzene rings is 1.